The summed E-state index contributed by atoms with van der Waals surface area (Å²) in [7, 11) is 0. The molecule has 1 aliphatic heterocycles. The van der Waals surface area contributed by atoms with E-state index in [9.17, 15) is 14.4 Å². The molecule has 4 rings (SSSR count). The van der Waals surface area contributed by atoms with Gasteiger partial charge in [0.25, 0.3) is 5.91 Å². The molecule has 1 spiro atoms. The van der Waals surface area contributed by atoms with E-state index in [2.05, 4.69) is 15.7 Å². The molecule has 2 N–H and O–H groups in total. The number of imide groups is 1. The predicted octanol–water partition coefficient (Wildman–Crippen LogP) is 2.37. The van der Waals surface area contributed by atoms with Crippen LogP contribution in [0.1, 0.15) is 38.2 Å². The smallest absolute Gasteiger partial charge is 0.323 e. The number of carbonyl (C=O) groups is 3. The van der Waals surface area contributed by atoms with Gasteiger partial charge in [0, 0.05) is 6.20 Å². The molecule has 2 aliphatic rings. The third-order valence-corrected chi connectivity index (χ3v) is 5.91. The maximum Gasteiger partial charge on any atom is 0.325 e. The summed E-state index contributed by atoms with van der Waals surface area (Å²) in [5, 5.41) is 9.83. The highest BCUT2D eigenvalue weighted by atomic mass is 16.2. The maximum atomic E-state index is 12.9. The van der Waals surface area contributed by atoms with Crippen LogP contribution in [0.4, 0.5) is 10.5 Å². The molecule has 0 bridgehead atoms. The Bertz CT molecular complexity index is 925. The second kappa shape index (κ2) is 7.69. The van der Waals surface area contributed by atoms with Crippen LogP contribution in [0.15, 0.2) is 42.7 Å². The number of rotatable bonds is 5. The molecule has 4 amide bonds. The van der Waals surface area contributed by atoms with E-state index < -0.39 is 17.5 Å². The molecule has 2 fully saturated rings. The second-order valence-corrected chi connectivity index (χ2v) is 7.90. The first-order chi connectivity index (χ1) is 14.0. The average molecular weight is 395 g/mol. The standard InChI is InChI=1S/C21H25N5O3/c1-15-7-5-6-10-21(15)19(28)26(20(29)24-21)14-18(27)23-17-11-22-25(13-17)12-16-8-3-2-4-9-16/h2-4,8-9,11,13,15H,5-7,10,12,14H2,1H3,(H,23,27)(H,24,29). The zero-order valence-corrected chi connectivity index (χ0v) is 16.4. The molecule has 1 aliphatic carbocycles. The lowest BCUT2D eigenvalue weighted by molar-refractivity contribution is -0.136. The van der Waals surface area contributed by atoms with E-state index in [1.807, 2.05) is 37.3 Å². The molecular weight excluding hydrogens is 370 g/mol. The van der Waals surface area contributed by atoms with Crippen LogP contribution in [0, 0.1) is 5.92 Å². The van der Waals surface area contributed by atoms with Crippen LogP contribution in [0.3, 0.4) is 0 Å². The van der Waals surface area contributed by atoms with Crippen molar-refractivity contribution in [2.75, 3.05) is 11.9 Å². The van der Waals surface area contributed by atoms with Crippen LogP contribution in [0.25, 0.3) is 0 Å². The molecular formula is C21H25N5O3. The lowest BCUT2D eigenvalue weighted by Gasteiger charge is -2.36. The number of benzene rings is 1. The number of carbonyl (C=O) groups excluding carboxylic acids is 3. The third-order valence-electron chi connectivity index (χ3n) is 5.91. The fraction of sp³-hybridized carbons (Fsp3) is 0.429. The zero-order valence-electron chi connectivity index (χ0n) is 16.4. The van der Waals surface area contributed by atoms with Crippen molar-refractivity contribution < 1.29 is 14.4 Å². The van der Waals surface area contributed by atoms with Crippen molar-refractivity contribution in [3.8, 4) is 0 Å². The summed E-state index contributed by atoms with van der Waals surface area (Å²) in [6.07, 6.45) is 6.76. The molecule has 1 saturated carbocycles. The molecule has 29 heavy (non-hydrogen) atoms. The van der Waals surface area contributed by atoms with Crippen molar-refractivity contribution in [1.29, 1.82) is 0 Å². The first kappa shape index (κ1) is 19.2. The summed E-state index contributed by atoms with van der Waals surface area (Å²) in [6, 6.07) is 9.38. The molecule has 2 unspecified atom stereocenters. The van der Waals surface area contributed by atoms with E-state index in [0.29, 0.717) is 18.7 Å². The summed E-state index contributed by atoms with van der Waals surface area (Å²) in [4.78, 5) is 38.8. The fourth-order valence-corrected chi connectivity index (χ4v) is 4.27. The Hall–Kier alpha value is -3.16. The van der Waals surface area contributed by atoms with Crippen molar-refractivity contribution in [3.05, 3.63) is 48.3 Å². The van der Waals surface area contributed by atoms with Crippen LogP contribution >= 0.6 is 0 Å². The Morgan fingerprint density at radius 3 is 2.83 bits per heavy atom. The SMILES string of the molecule is CC1CCCCC12NC(=O)N(CC(=O)Nc1cnn(Cc3ccccc3)c1)C2=O. The fourth-order valence-electron chi connectivity index (χ4n) is 4.27. The molecule has 0 radical (unpaired) electrons. The first-order valence-electron chi connectivity index (χ1n) is 9.98. The van der Waals surface area contributed by atoms with Gasteiger partial charge in [0.1, 0.15) is 12.1 Å². The van der Waals surface area contributed by atoms with E-state index in [1.54, 1.807) is 17.1 Å². The number of amides is 4. The highest BCUT2D eigenvalue weighted by Gasteiger charge is 2.55. The van der Waals surface area contributed by atoms with Gasteiger partial charge in [-0.1, -0.05) is 50.1 Å². The van der Waals surface area contributed by atoms with Crippen molar-refractivity contribution in [1.82, 2.24) is 20.0 Å². The molecule has 1 aromatic heterocycles. The molecule has 2 atom stereocenters. The Balaban J connectivity index is 1.37. The number of hydrogen-bond donors (Lipinski definition) is 2. The minimum absolute atomic E-state index is 0.0666. The maximum absolute atomic E-state index is 12.9. The molecule has 2 heterocycles. The highest BCUT2D eigenvalue weighted by molar-refractivity contribution is 6.10. The number of aromatic nitrogens is 2. The number of anilines is 1. The van der Waals surface area contributed by atoms with Crippen molar-refractivity contribution in [3.63, 3.8) is 0 Å². The number of nitrogens with one attached hydrogen (secondary N) is 2. The van der Waals surface area contributed by atoms with Gasteiger partial charge in [-0.25, -0.2) is 4.79 Å². The average Bonchev–Trinajstić information content (AvgIpc) is 3.23. The summed E-state index contributed by atoms with van der Waals surface area (Å²) >= 11 is 0. The third kappa shape index (κ3) is 3.74. The van der Waals surface area contributed by atoms with Gasteiger partial charge in [-0.2, -0.15) is 5.10 Å². The topological polar surface area (TPSA) is 96.3 Å². The van der Waals surface area contributed by atoms with E-state index >= 15 is 0 Å². The highest BCUT2D eigenvalue weighted by Crippen LogP contribution is 2.38. The minimum Gasteiger partial charge on any atom is -0.323 e. The lowest BCUT2D eigenvalue weighted by Crippen LogP contribution is -2.54. The van der Waals surface area contributed by atoms with Gasteiger partial charge in [-0.3, -0.25) is 19.2 Å². The number of nitrogens with zero attached hydrogens (tertiary/aromatic N) is 3. The lowest BCUT2D eigenvalue weighted by atomic mass is 9.73. The molecule has 152 valence electrons. The van der Waals surface area contributed by atoms with Gasteiger partial charge in [0.05, 0.1) is 18.4 Å². The monoisotopic (exact) mass is 395 g/mol. The summed E-state index contributed by atoms with van der Waals surface area (Å²) in [5.41, 5.74) is 0.773. The molecule has 1 aromatic carbocycles. The Morgan fingerprint density at radius 1 is 1.28 bits per heavy atom. The van der Waals surface area contributed by atoms with Gasteiger partial charge >= 0.3 is 6.03 Å². The Kier molecular flexibility index (Phi) is 5.08. The second-order valence-electron chi connectivity index (χ2n) is 7.90. The summed E-state index contributed by atoms with van der Waals surface area (Å²) in [5.74, 6) is -0.644. The van der Waals surface area contributed by atoms with Gasteiger partial charge in [0.15, 0.2) is 0 Å². The Morgan fingerprint density at radius 2 is 2.07 bits per heavy atom. The Labute approximate surface area is 169 Å². The van der Waals surface area contributed by atoms with E-state index in [0.717, 1.165) is 29.7 Å². The number of hydrogen-bond acceptors (Lipinski definition) is 4. The zero-order chi connectivity index (χ0) is 20.4. The van der Waals surface area contributed by atoms with Crippen LogP contribution < -0.4 is 10.6 Å². The van der Waals surface area contributed by atoms with Crippen LogP contribution in [0.2, 0.25) is 0 Å². The largest absolute Gasteiger partial charge is 0.325 e. The van der Waals surface area contributed by atoms with Crippen molar-refractivity contribution in [2.24, 2.45) is 5.92 Å². The van der Waals surface area contributed by atoms with Crippen molar-refractivity contribution in [2.45, 2.75) is 44.7 Å². The molecule has 8 heteroatoms. The normalized spacial score (nSPS) is 24.0. The quantitative estimate of drug-likeness (QED) is 0.760. The first-order valence-corrected chi connectivity index (χ1v) is 9.98. The van der Waals surface area contributed by atoms with Crippen molar-refractivity contribution >= 4 is 23.5 Å². The van der Waals surface area contributed by atoms with Crippen LogP contribution in [0.5, 0.6) is 0 Å². The summed E-state index contributed by atoms with van der Waals surface area (Å²) in [6.45, 7) is 2.27. The minimum atomic E-state index is -0.851. The van der Waals surface area contributed by atoms with E-state index in [4.69, 9.17) is 0 Å². The van der Waals surface area contributed by atoms with Gasteiger partial charge in [-0.15, -0.1) is 0 Å². The molecule has 1 saturated heterocycles. The predicted molar refractivity (Wildman–Crippen MR) is 107 cm³/mol. The number of urea groups is 1. The summed E-state index contributed by atoms with van der Waals surface area (Å²) < 4.78 is 1.72. The van der Waals surface area contributed by atoms with E-state index in [1.165, 1.54) is 0 Å². The van der Waals surface area contributed by atoms with Crippen LogP contribution in [-0.2, 0) is 16.1 Å². The van der Waals surface area contributed by atoms with Crippen LogP contribution in [-0.4, -0.2) is 44.6 Å². The van der Waals surface area contributed by atoms with Gasteiger partial charge in [-0.05, 0) is 24.3 Å². The van der Waals surface area contributed by atoms with Gasteiger partial charge in [0.2, 0.25) is 5.91 Å². The van der Waals surface area contributed by atoms with E-state index in [-0.39, 0.29) is 18.4 Å². The van der Waals surface area contributed by atoms with Gasteiger partial charge < -0.3 is 10.6 Å². The molecule has 8 nitrogen and oxygen atoms in total. The molecule has 2 aromatic rings.